The fraction of sp³-hybridized carbons (Fsp3) is 0.767. The first-order valence-electron chi connectivity index (χ1n) is 14.5. The van der Waals surface area contributed by atoms with Crippen LogP contribution in [0.3, 0.4) is 0 Å². The van der Waals surface area contributed by atoms with Crippen molar-refractivity contribution in [3.63, 3.8) is 0 Å². The van der Waals surface area contributed by atoms with E-state index in [1.807, 2.05) is 11.8 Å². The molecule has 0 aromatic heterocycles. The summed E-state index contributed by atoms with van der Waals surface area (Å²) >= 11 is 2.02. The molecule has 0 aliphatic rings. The highest BCUT2D eigenvalue weighted by molar-refractivity contribution is 7.99. The average Bonchev–Trinajstić information content (AvgIpc) is 2.86. The van der Waals surface area contributed by atoms with E-state index < -0.39 is 18.9 Å². The van der Waals surface area contributed by atoms with E-state index in [1.54, 1.807) is 20.8 Å². The number of carbonyl (C=O) groups excluding carboxylic acids is 1. The molecule has 0 saturated carbocycles. The number of aryl methyl sites for hydroxylation is 1. The molecule has 1 aromatic rings. The summed E-state index contributed by atoms with van der Waals surface area (Å²) in [6, 6.07) is 10.7. The lowest BCUT2D eigenvalue weighted by Crippen LogP contribution is -2.25. The van der Waals surface area contributed by atoms with Crippen LogP contribution in [0.5, 0.6) is 0 Å². The maximum atomic E-state index is 12.1. The van der Waals surface area contributed by atoms with Gasteiger partial charge in [-0.1, -0.05) is 82.2 Å². The molecule has 0 amide bonds. The number of benzene rings is 1. The molecule has 1 N–H and O–H groups in total. The van der Waals surface area contributed by atoms with Gasteiger partial charge in [0.1, 0.15) is 5.60 Å². The maximum absolute atomic E-state index is 12.1. The summed E-state index contributed by atoms with van der Waals surface area (Å²) in [6.07, 6.45) is 14.1. The van der Waals surface area contributed by atoms with Gasteiger partial charge in [-0.25, -0.2) is 9.36 Å². The highest BCUT2D eigenvalue weighted by Gasteiger charge is 2.35. The molecule has 0 fully saturated rings. The first-order chi connectivity index (χ1) is 18.0. The van der Waals surface area contributed by atoms with Crippen LogP contribution in [0.4, 0.5) is 4.79 Å². The summed E-state index contributed by atoms with van der Waals surface area (Å²) in [6.45, 7) is 9.68. The number of carbonyl (C=O) groups is 1. The fourth-order valence-electron chi connectivity index (χ4n) is 4.06. The summed E-state index contributed by atoms with van der Waals surface area (Å²) in [5.41, 5.74) is -0.630. The van der Waals surface area contributed by atoms with Gasteiger partial charge in [-0.15, -0.1) is 0 Å². The number of thioether (sulfide) groups is 1. The van der Waals surface area contributed by atoms with Crippen molar-refractivity contribution in [3.05, 3.63) is 35.9 Å². The minimum atomic E-state index is -4.45. The third-order valence-electron chi connectivity index (χ3n) is 6.21. The molecule has 3 atom stereocenters. The quantitative estimate of drug-likeness (QED) is 0.110. The molecule has 8 heteroatoms. The van der Waals surface area contributed by atoms with Gasteiger partial charge >= 0.3 is 13.3 Å². The van der Waals surface area contributed by atoms with Gasteiger partial charge in [0.2, 0.25) is 0 Å². The topological polar surface area (TPSA) is 82.1 Å². The van der Waals surface area contributed by atoms with E-state index in [2.05, 4.69) is 44.2 Å². The van der Waals surface area contributed by atoms with Gasteiger partial charge in [-0.05, 0) is 71.1 Å². The Balaban J connectivity index is 2.33. The monoisotopic (exact) mass is 572 g/mol. The largest absolute Gasteiger partial charge is 0.451 e. The highest BCUT2D eigenvalue weighted by atomic mass is 32.2. The Labute approximate surface area is 236 Å². The van der Waals surface area contributed by atoms with Crippen molar-refractivity contribution < 1.29 is 28.3 Å². The van der Waals surface area contributed by atoms with Gasteiger partial charge in [0.15, 0.2) is 0 Å². The van der Waals surface area contributed by atoms with Gasteiger partial charge in [0.05, 0.1) is 12.7 Å². The van der Waals surface area contributed by atoms with Crippen LogP contribution in [0.1, 0.15) is 111 Å². The second-order valence-corrected chi connectivity index (χ2v) is 14.0. The average molecular weight is 573 g/mol. The number of unbranched alkanes of at least 4 members (excludes halogenated alkanes) is 7. The molecule has 0 bridgehead atoms. The molecule has 0 saturated heterocycles. The molecule has 38 heavy (non-hydrogen) atoms. The van der Waals surface area contributed by atoms with Gasteiger partial charge in [0.25, 0.3) is 0 Å². The van der Waals surface area contributed by atoms with Crippen molar-refractivity contribution in [1.82, 2.24) is 0 Å². The lowest BCUT2D eigenvalue weighted by Gasteiger charge is -2.24. The third kappa shape index (κ3) is 17.7. The molecule has 0 aliphatic carbocycles. The summed E-state index contributed by atoms with van der Waals surface area (Å²) in [5, 5.41) is 0.438. The van der Waals surface area contributed by atoms with Crippen LogP contribution in [0.15, 0.2) is 30.3 Å². The Bertz CT molecular complexity index is 783. The Morgan fingerprint density at radius 1 is 0.947 bits per heavy atom. The van der Waals surface area contributed by atoms with Gasteiger partial charge in [-0.3, -0.25) is 0 Å². The number of rotatable bonds is 22. The molecule has 6 nitrogen and oxygen atoms in total. The van der Waals surface area contributed by atoms with Crippen LogP contribution in [-0.4, -0.2) is 46.5 Å². The zero-order valence-corrected chi connectivity index (χ0v) is 26.2. The summed E-state index contributed by atoms with van der Waals surface area (Å²) < 4.78 is 28.1. The Hall–Kier alpha value is -0.850. The van der Waals surface area contributed by atoms with Crippen LogP contribution in [0.2, 0.25) is 0 Å². The Morgan fingerprint density at radius 3 is 2.29 bits per heavy atom. The zero-order chi connectivity index (χ0) is 28.3. The maximum Gasteiger partial charge on any atom is 0.435 e. The van der Waals surface area contributed by atoms with E-state index in [0.29, 0.717) is 18.3 Å². The zero-order valence-electron chi connectivity index (χ0n) is 24.5. The third-order valence-corrected chi connectivity index (χ3v) is 8.87. The highest BCUT2D eigenvalue weighted by Crippen LogP contribution is 2.45. The predicted octanol–water partition coefficient (Wildman–Crippen LogP) is 9.18. The molecule has 0 heterocycles. The van der Waals surface area contributed by atoms with Crippen molar-refractivity contribution in [3.8, 4) is 0 Å². The summed E-state index contributed by atoms with van der Waals surface area (Å²) in [7, 11) is -4.45. The number of hydrogen-bond acceptors (Lipinski definition) is 6. The van der Waals surface area contributed by atoms with Gasteiger partial charge in [0, 0.05) is 11.9 Å². The Morgan fingerprint density at radius 2 is 1.61 bits per heavy atom. The smallest absolute Gasteiger partial charge is 0.435 e. The van der Waals surface area contributed by atoms with Crippen LogP contribution in [0, 0.1) is 0 Å². The SMILES string of the molecule is CCCCCCCC(SCCCCCCc1ccccc1)C(C)OCCCOP(=O)(O)C(=O)OC(C)(C)C. The predicted molar refractivity (Wildman–Crippen MR) is 160 cm³/mol. The first-order valence-corrected chi connectivity index (χ1v) is 17.2. The Kier molecular flexibility index (Phi) is 18.6. The van der Waals surface area contributed by atoms with Crippen LogP contribution in [-0.2, 0) is 25.0 Å². The molecule has 3 unspecified atom stereocenters. The first kappa shape index (κ1) is 35.2. The van der Waals surface area contributed by atoms with E-state index >= 15 is 0 Å². The van der Waals surface area contributed by atoms with E-state index in [4.69, 9.17) is 14.0 Å². The lowest BCUT2D eigenvalue weighted by atomic mass is 10.1. The van der Waals surface area contributed by atoms with Crippen LogP contribution in [0.25, 0.3) is 0 Å². The number of ether oxygens (including phenoxy) is 2. The molecule has 220 valence electrons. The molecular weight excluding hydrogens is 519 g/mol. The molecular formula is C30H53O6PS. The van der Waals surface area contributed by atoms with E-state index in [0.717, 1.165) is 18.6 Å². The van der Waals surface area contributed by atoms with E-state index in [-0.39, 0.29) is 12.7 Å². The standard InChI is InChI=1S/C30H53O6PS/c1-6-7-8-9-16-22-28(38-25-17-11-10-13-19-27-20-14-12-15-21-27)26(2)34-23-18-24-35-37(32,33)29(31)36-30(3,4)5/h12,14-15,20-21,26,28H,6-11,13,16-19,22-25H2,1-5H3,(H,32,33). The summed E-state index contributed by atoms with van der Waals surface area (Å²) in [4.78, 5) is 21.7. The van der Waals surface area contributed by atoms with E-state index in [1.165, 1.54) is 63.4 Å². The molecule has 1 rings (SSSR count). The van der Waals surface area contributed by atoms with Crippen molar-refractivity contribution >= 4 is 25.1 Å². The van der Waals surface area contributed by atoms with Gasteiger partial charge < -0.3 is 18.9 Å². The number of hydrogen-bond donors (Lipinski definition) is 1. The van der Waals surface area contributed by atoms with Crippen LogP contribution < -0.4 is 0 Å². The second kappa shape index (κ2) is 20.1. The van der Waals surface area contributed by atoms with Crippen molar-refractivity contribution in [2.75, 3.05) is 19.0 Å². The van der Waals surface area contributed by atoms with Crippen molar-refractivity contribution in [2.45, 2.75) is 129 Å². The van der Waals surface area contributed by atoms with Crippen LogP contribution >= 0.6 is 19.4 Å². The minimum Gasteiger partial charge on any atom is -0.451 e. The fourth-order valence-corrected chi connectivity index (χ4v) is 6.29. The van der Waals surface area contributed by atoms with Gasteiger partial charge in [-0.2, -0.15) is 11.8 Å². The normalized spacial score (nSPS) is 15.1. The molecule has 1 aromatic carbocycles. The van der Waals surface area contributed by atoms with Crippen molar-refractivity contribution in [1.29, 1.82) is 0 Å². The minimum absolute atomic E-state index is 0.0302. The second-order valence-electron chi connectivity index (χ2n) is 11.0. The lowest BCUT2D eigenvalue weighted by molar-refractivity contribution is 0.0505. The van der Waals surface area contributed by atoms with Crippen molar-refractivity contribution in [2.24, 2.45) is 0 Å². The molecule has 0 aliphatic heterocycles. The molecule has 0 radical (unpaired) electrons. The summed E-state index contributed by atoms with van der Waals surface area (Å²) in [5.74, 6) is 1.14. The molecule has 0 spiro atoms. The van der Waals surface area contributed by atoms with E-state index in [9.17, 15) is 14.3 Å².